The van der Waals surface area contributed by atoms with Crippen LogP contribution in [0.25, 0.3) is 0 Å². The third kappa shape index (κ3) is 5.68. The van der Waals surface area contributed by atoms with E-state index < -0.39 is 24.0 Å². The van der Waals surface area contributed by atoms with Gasteiger partial charge in [-0.2, -0.15) is 0 Å². The molecule has 8 heteroatoms. The zero-order valence-electron chi connectivity index (χ0n) is 16.4. The Hall–Kier alpha value is -3.16. The lowest BCUT2D eigenvalue weighted by Crippen LogP contribution is -2.43. The average Bonchev–Trinajstić information content (AvgIpc) is 3.25. The van der Waals surface area contributed by atoms with Gasteiger partial charge in [-0.15, -0.1) is 0 Å². The Morgan fingerprint density at radius 2 is 1.77 bits per heavy atom. The summed E-state index contributed by atoms with van der Waals surface area (Å²) in [6, 6.07) is 15.3. The van der Waals surface area contributed by atoms with Crippen LogP contribution in [0.5, 0.6) is 0 Å². The van der Waals surface area contributed by atoms with Crippen LogP contribution in [-0.2, 0) is 22.4 Å². The molecular formula is C22H22ClN3O4. The number of rotatable bonds is 8. The maximum Gasteiger partial charge on any atom is 0.328 e. The van der Waals surface area contributed by atoms with E-state index in [0.29, 0.717) is 11.4 Å². The molecule has 0 spiro atoms. The first-order valence-corrected chi connectivity index (χ1v) is 9.72. The first-order chi connectivity index (χ1) is 14.5. The molecule has 1 heterocycles. The number of aromatic nitrogens is 1. The summed E-state index contributed by atoms with van der Waals surface area (Å²) in [6.07, 6.45) is 1.99. The summed E-state index contributed by atoms with van der Waals surface area (Å²) < 4.78 is 10.2. The molecule has 0 bridgehead atoms. The van der Waals surface area contributed by atoms with E-state index in [-0.39, 0.29) is 18.0 Å². The van der Waals surface area contributed by atoms with Crippen molar-refractivity contribution < 1.29 is 18.7 Å². The minimum atomic E-state index is -0.887. The number of hydrogen-bond acceptors (Lipinski definition) is 6. The Balaban J connectivity index is 1.67. The summed E-state index contributed by atoms with van der Waals surface area (Å²) in [6.45, 7) is 0. The van der Waals surface area contributed by atoms with E-state index in [0.717, 1.165) is 11.1 Å². The SMILES string of the molecule is COC(=O)C(Cc1ccc(Cl)cc1)NC(=O)c1coc(C(N)Cc2ccccc2)n1. The Morgan fingerprint density at radius 3 is 2.43 bits per heavy atom. The molecule has 156 valence electrons. The van der Waals surface area contributed by atoms with Gasteiger partial charge in [0.1, 0.15) is 12.3 Å². The van der Waals surface area contributed by atoms with Gasteiger partial charge in [0, 0.05) is 11.4 Å². The molecule has 1 aromatic heterocycles. The van der Waals surface area contributed by atoms with Crippen LogP contribution in [0.3, 0.4) is 0 Å². The highest BCUT2D eigenvalue weighted by molar-refractivity contribution is 6.30. The molecule has 0 saturated carbocycles. The number of methoxy groups -OCH3 is 1. The number of halogens is 1. The quantitative estimate of drug-likeness (QED) is 0.535. The summed E-state index contributed by atoms with van der Waals surface area (Å²) in [5, 5.41) is 3.22. The van der Waals surface area contributed by atoms with Gasteiger partial charge in [-0.3, -0.25) is 4.79 Å². The van der Waals surface area contributed by atoms with Crippen molar-refractivity contribution in [2.45, 2.75) is 24.9 Å². The molecule has 1 amide bonds. The molecule has 0 aliphatic heterocycles. The fourth-order valence-corrected chi connectivity index (χ4v) is 3.07. The average molecular weight is 428 g/mol. The fourth-order valence-electron chi connectivity index (χ4n) is 2.94. The van der Waals surface area contributed by atoms with E-state index in [1.165, 1.54) is 13.4 Å². The standard InChI is InChI=1S/C22H22ClN3O4/c1-29-22(28)18(12-15-7-9-16(23)10-8-15)25-20(27)19-13-30-21(26-19)17(24)11-14-5-3-2-4-6-14/h2-10,13,17-18H,11-12,24H2,1H3,(H,25,27). The molecule has 0 aliphatic rings. The van der Waals surface area contributed by atoms with Gasteiger partial charge in [0.05, 0.1) is 13.2 Å². The topological polar surface area (TPSA) is 107 Å². The van der Waals surface area contributed by atoms with Crippen LogP contribution in [-0.4, -0.2) is 30.0 Å². The first kappa shape index (κ1) is 21.5. The van der Waals surface area contributed by atoms with Crippen LogP contribution in [0, 0.1) is 0 Å². The summed E-state index contributed by atoms with van der Waals surface area (Å²) in [5.41, 5.74) is 8.04. The predicted molar refractivity (Wildman–Crippen MR) is 112 cm³/mol. The number of hydrogen-bond donors (Lipinski definition) is 2. The molecular weight excluding hydrogens is 406 g/mol. The number of benzene rings is 2. The van der Waals surface area contributed by atoms with Crippen LogP contribution in [0.1, 0.15) is 33.5 Å². The fraction of sp³-hybridized carbons (Fsp3) is 0.227. The first-order valence-electron chi connectivity index (χ1n) is 9.34. The Morgan fingerprint density at radius 1 is 1.10 bits per heavy atom. The summed E-state index contributed by atoms with van der Waals surface area (Å²) >= 11 is 5.89. The molecule has 0 fully saturated rings. The van der Waals surface area contributed by atoms with Gasteiger partial charge in [-0.05, 0) is 29.7 Å². The molecule has 2 unspecified atom stereocenters. The number of carbonyl (C=O) groups is 2. The zero-order valence-corrected chi connectivity index (χ0v) is 17.1. The minimum absolute atomic E-state index is 0.0403. The predicted octanol–water partition coefficient (Wildman–Crippen LogP) is 3.08. The summed E-state index contributed by atoms with van der Waals surface area (Å²) in [5.74, 6) is -0.875. The van der Waals surface area contributed by atoms with Crippen molar-refractivity contribution in [2.75, 3.05) is 7.11 Å². The second-order valence-corrected chi connectivity index (χ2v) is 7.18. The summed E-state index contributed by atoms with van der Waals surface area (Å²) in [7, 11) is 1.26. The number of nitrogens with zero attached hydrogens (tertiary/aromatic N) is 1. The molecule has 3 N–H and O–H groups in total. The molecule has 3 rings (SSSR count). The Bertz CT molecular complexity index is 989. The van der Waals surface area contributed by atoms with E-state index in [1.54, 1.807) is 24.3 Å². The van der Waals surface area contributed by atoms with Crippen molar-refractivity contribution in [3.05, 3.63) is 88.6 Å². The number of nitrogens with two attached hydrogens (primary N) is 1. The molecule has 0 saturated heterocycles. The second kappa shape index (κ2) is 10.0. The molecule has 2 aromatic carbocycles. The van der Waals surface area contributed by atoms with E-state index in [2.05, 4.69) is 10.3 Å². The van der Waals surface area contributed by atoms with Gasteiger partial charge in [-0.1, -0.05) is 54.1 Å². The number of oxazole rings is 1. The van der Waals surface area contributed by atoms with Crippen LogP contribution in [0.2, 0.25) is 5.02 Å². The molecule has 7 nitrogen and oxygen atoms in total. The Labute approximate surface area is 179 Å². The maximum atomic E-state index is 12.6. The second-order valence-electron chi connectivity index (χ2n) is 6.75. The van der Waals surface area contributed by atoms with Gasteiger partial charge in [0.15, 0.2) is 5.69 Å². The van der Waals surface area contributed by atoms with Gasteiger partial charge in [0.2, 0.25) is 5.89 Å². The van der Waals surface area contributed by atoms with E-state index in [1.807, 2.05) is 30.3 Å². The van der Waals surface area contributed by atoms with E-state index in [4.69, 9.17) is 26.5 Å². The smallest absolute Gasteiger partial charge is 0.328 e. The highest BCUT2D eigenvalue weighted by atomic mass is 35.5. The van der Waals surface area contributed by atoms with Crippen LogP contribution >= 0.6 is 11.6 Å². The number of amides is 1. The highest BCUT2D eigenvalue weighted by Gasteiger charge is 2.25. The Kier molecular flexibility index (Phi) is 7.21. The number of ether oxygens (including phenoxy) is 1. The third-order valence-electron chi connectivity index (χ3n) is 4.51. The monoisotopic (exact) mass is 427 g/mol. The van der Waals surface area contributed by atoms with Gasteiger partial charge >= 0.3 is 5.97 Å². The number of carbonyl (C=O) groups excluding carboxylic acids is 2. The van der Waals surface area contributed by atoms with Crippen LogP contribution in [0.4, 0.5) is 0 Å². The number of nitrogens with one attached hydrogen (secondary N) is 1. The normalized spacial score (nSPS) is 12.8. The molecule has 2 atom stereocenters. The van der Waals surface area contributed by atoms with E-state index in [9.17, 15) is 9.59 Å². The van der Waals surface area contributed by atoms with Gasteiger partial charge in [0.25, 0.3) is 5.91 Å². The van der Waals surface area contributed by atoms with Crippen LogP contribution < -0.4 is 11.1 Å². The lowest BCUT2D eigenvalue weighted by atomic mass is 10.1. The van der Waals surface area contributed by atoms with Crippen molar-refractivity contribution in [3.8, 4) is 0 Å². The lowest BCUT2D eigenvalue weighted by Gasteiger charge is -2.16. The third-order valence-corrected chi connectivity index (χ3v) is 4.77. The molecule has 30 heavy (non-hydrogen) atoms. The lowest BCUT2D eigenvalue weighted by molar-refractivity contribution is -0.142. The highest BCUT2D eigenvalue weighted by Crippen LogP contribution is 2.16. The zero-order chi connectivity index (χ0) is 21.5. The van der Waals surface area contributed by atoms with Crippen molar-refractivity contribution in [3.63, 3.8) is 0 Å². The van der Waals surface area contributed by atoms with Crippen molar-refractivity contribution in [1.29, 1.82) is 0 Å². The van der Waals surface area contributed by atoms with Gasteiger partial charge in [-0.25, -0.2) is 9.78 Å². The van der Waals surface area contributed by atoms with Crippen LogP contribution in [0.15, 0.2) is 65.3 Å². The van der Waals surface area contributed by atoms with Crippen molar-refractivity contribution >= 4 is 23.5 Å². The molecule has 0 radical (unpaired) electrons. The molecule has 3 aromatic rings. The minimum Gasteiger partial charge on any atom is -0.467 e. The summed E-state index contributed by atoms with van der Waals surface area (Å²) in [4.78, 5) is 28.9. The van der Waals surface area contributed by atoms with E-state index >= 15 is 0 Å². The maximum absolute atomic E-state index is 12.6. The van der Waals surface area contributed by atoms with Crippen molar-refractivity contribution in [1.82, 2.24) is 10.3 Å². The van der Waals surface area contributed by atoms with Gasteiger partial charge < -0.3 is 20.2 Å². The van der Waals surface area contributed by atoms with Crippen molar-refractivity contribution in [2.24, 2.45) is 5.73 Å². The largest absolute Gasteiger partial charge is 0.467 e. The molecule has 0 aliphatic carbocycles. The number of esters is 1.